The molecule has 0 aliphatic carbocycles. The molecule has 3 rings (SSSR count). The van der Waals surface area contributed by atoms with E-state index in [4.69, 9.17) is 9.73 Å². The topological polar surface area (TPSA) is 24.8 Å². The Bertz CT molecular complexity index is 983. The number of hydrogen-bond acceptors (Lipinski definition) is 2. The van der Waals surface area contributed by atoms with Crippen LogP contribution in [0, 0.1) is 17.6 Å². The molecule has 0 atom stereocenters. The molecule has 0 saturated carbocycles. The second-order valence-electron chi connectivity index (χ2n) is 8.62. The first-order chi connectivity index (χ1) is 15.9. The van der Waals surface area contributed by atoms with E-state index in [1.54, 1.807) is 0 Å². The highest BCUT2D eigenvalue weighted by Crippen LogP contribution is 2.30. The third-order valence-corrected chi connectivity index (χ3v) is 6.19. The first-order valence-corrected chi connectivity index (χ1v) is 11.8. The van der Waals surface area contributed by atoms with Gasteiger partial charge in [0.15, 0.2) is 17.4 Å². The lowest BCUT2D eigenvalue weighted by molar-refractivity contribution is 0.172. The number of allylic oxidation sites excluding steroid dienone is 1. The third-order valence-electron chi connectivity index (χ3n) is 6.19. The summed E-state index contributed by atoms with van der Waals surface area (Å²) in [6.45, 7) is 12.4. The lowest BCUT2D eigenvalue weighted by Gasteiger charge is -2.34. The summed E-state index contributed by atoms with van der Waals surface area (Å²) >= 11 is 0. The van der Waals surface area contributed by atoms with Gasteiger partial charge in [-0.1, -0.05) is 56.3 Å². The Kier molecular flexibility index (Phi) is 8.81. The smallest absolute Gasteiger partial charge is 0.190 e. The maximum absolute atomic E-state index is 14.6. The SMILES string of the molecule is C=C(CC)C(=NC=C(C)CC)N1CCC(COc2c(F)cc(-c3ccccc3)cc2F)CC1. The van der Waals surface area contributed by atoms with Gasteiger partial charge in [-0.05, 0) is 67.4 Å². The number of halogens is 2. The summed E-state index contributed by atoms with van der Waals surface area (Å²) in [5, 5.41) is 0. The minimum atomic E-state index is -0.668. The molecule has 0 radical (unpaired) electrons. The van der Waals surface area contributed by atoms with Gasteiger partial charge in [0.25, 0.3) is 0 Å². The van der Waals surface area contributed by atoms with Crippen molar-refractivity contribution in [3.05, 3.63) is 78.0 Å². The summed E-state index contributed by atoms with van der Waals surface area (Å²) in [4.78, 5) is 6.98. The Morgan fingerprint density at radius 3 is 2.27 bits per heavy atom. The monoisotopic (exact) mass is 452 g/mol. The molecule has 5 heteroatoms. The number of hydrogen-bond donors (Lipinski definition) is 0. The Balaban J connectivity index is 1.61. The number of amidine groups is 1. The van der Waals surface area contributed by atoms with Gasteiger partial charge < -0.3 is 9.64 Å². The van der Waals surface area contributed by atoms with E-state index in [0.29, 0.717) is 12.2 Å². The van der Waals surface area contributed by atoms with Crippen LogP contribution in [0.1, 0.15) is 46.5 Å². The second kappa shape index (κ2) is 11.8. The van der Waals surface area contributed by atoms with E-state index in [1.807, 2.05) is 36.5 Å². The number of likely N-dealkylation sites (tertiary alicyclic amines) is 1. The summed E-state index contributed by atoms with van der Waals surface area (Å²) in [5.41, 5.74) is 3.51. The van der Waals surface area contributed by atoms with Crippen LogP contribution in [0.5, 0.6) is 5.75 Å². The van der Waals surface area contributed by atoms with Gasteiger partial charge >= 0.3 is 0 Å². The molecular formula is C28H34F2N2O. The summed E-state index contributed by atoms with van der Waals surface area (Å²) in [5.74, 6) is -0.453. The van der Waals surface area contributed by atoms with Gasteiger partial charge in [-0.3, -0.25) is 0 Å². The zero-order valence-corrected chi connectivity index (χ0v) is 19.9. The van der Waals surface area contributed by atoms with Crippen LogP contribution in [0.2, 0.25) is 0 Å². The van der Waals surface area contributed by atoms with Gasteiger partial charge in [-0.25, -0.2) is 13.8 Å². The van der Waals surface area contributed by atoms with E-state index >= 15 is 0 Å². The minimum Gasteiger partial charge on any atom is -0.487 e. The highest BCUT2D eigenvalue weighted by atomic mass is 19.1. The van der Waals surface area contributed by atoms with Gasteiger partial charge in [0.1, 0.15) is 5.84 Å². The number of benzene rings is 2. The van der Waals surface area contributed by atoms with Crippen LogP contribution in [-0.2, 0) is 0 Å². The molecule has 0 aromatic heterocycles. The maximum Gasteiger partial charge on any atom is 0.190 e. The number of ether oxygens (including phenoxy) is 1. The number of piperidine rings is 1. The van der Waals surface area contributed by atoms with E-state index in [2.05, 4.69) is 32.3 Å². The molecular weight excluding hydrogens is 418 g/mol. The number of nitrogens with zero attached hydrogens (tertiary/aromatic N) is 2. The van der Waals surface area contributed by atoms with E-state index in [-0.39, 0.29) is 11.7 Å². The van der Waals surface area contributed by atoms with Gasteiger partial charge in [0.05, 0.1) is 6.61 Å². The quantitative estimate of drug-likeness (QED) is 0.308. The van der Waals surface area contributed by atoms with Crippen molar-refractivity contribution in [2.45, 2.75) is 46.5 Å². The zero-order valence-electron chi connectivity index (χ0n) is 19.9. The number of aliphatic imine (C=N–C) groups is 1. The highest BCUT2D eigenvalue weighted by Gasteiger charge is 2.24. The lowest BCUT2D eigenvalue weighted by atomic mass is 9.97. The molecule has 1 fully saturated rings. The predicted molar refractivity (Wildman–Crippen MR) is 132 cm³/mol. The van der Waals surface area contributed by atoms with Crippen molar-refractivity contribution in [3.63, 3.8) is 0 Å². The van der Waals surface area contributed by atoms with Crippen LogP contribution in [0.4, 0.5) is 8.78 Å². The van der Waals surface area contributed by atoms with Crippen molar-refractivity contribution < 1.29 is 13.5 Å². The molecule has 2 aromatic rings. The molecule has 2 aromatic carbocycles. The van der Waals surface area contributed by atoms with Crippen molar-refractivity contribution >= 4 is 5.84 Å². The number of rotatable bonds is 8. The molecule has 0 bridgehead atoms. The third kappa shape index (κ3) is 6.53. The van der Waals surface area contributed by atoms with E-state index < -0.39 is 11.6 Å². The largest absolute Gasteiger partial charge is 0.487 e. The molecule has 176 valence electrons. The van der Waals surface area contributed by atoms with Crippen LogP contribution < -0.4 is 4.74 Å². The second-order valence-corrected chi connectivity index (χ2v) is 8.62. The van der Waals surface area contributed by atoms with Crippen molar-refractivity contribution in [3.8, 4) is 16.9 Å². The van der Waals surface area contributed by atoms with Crippen LogP contribution >= 0.6 is 0 Å². The molecule has 0 amide bonds. The fourth-order valence-corrected chi connectivity index (χ4v) is 3.82. The molecule has 1 aliphatic heterocycles. The Labute approximate surface area is 196 Å². The summed E-state index contributed by atoms with van der Waals surface area (Å²) in [6, 6.07) is 11.9. The summed E-state index contributed by atoms with van der Waals surface area (Å²) in [6.07, 6.45) is 5.48. The minimum absolute atomic E-state index is 0.234. The van der Waals surface area contributed by atoms with Crippen molar-refractivity contribution in [1.29, 1.82) is 0 Å². The van der Waals surface area contributed by atoms with E-state index in [1.165, 1.54) is 17.7 Å². The van der Waals surface area contributed by atoms with Crippen molar-refractivity contribution in [1.82, 2.24) is 4.90 Å². The molecule has 0 spiro atoms. The van der Waals surface area contributed by atoms with Gasteiger partial charge in [-0.15, -0.1) is 0 Å². The fourth-order valence-electron chi connectivity index (χ4n) is 3.82. The van der Waals surface area contributed by atoms with Crippen molar-refractivity contribution in [2.75, 3.05) is 19.7 Å². The van der Waals surface area contributed by atoms with Crippen LogP contribution in [0.3, 0.4) is 0 Å². The maximum atomic E-state index is 14.6. The molecule has 0 N–H and O–H groups in total. The first-order valence-electron chi connectivity index (χ1n) is 11.8. The molecule has 1 heterocycles. The molecule has 33 heavy (non-hydrogen) atoms. The molecule has 0 unspecified atom stereocenters. The van der Waals surface area contributed by atoms with Crippen LogP contribution in [0.15, 0.2) is 71.4 Å². The van der Waals surface area contributed by atoms with Crippen LogP contribution in [0.25, 0.3) is 11.1 Å². The standard InChI is InChI=1S/C28H34F2N2O/c1-5-20(3)18-31-28(21(4)6-2)32-14-12-22(13-15-32)19-33-27-25(29)16-24(17-26(27)30)23-10-8-7-9-11-23/h7-11,16-18,22H,4-6,12-15,19H2,1-3H3. The Morgan fingerprint density at radius 2 is 1.70 bits per heavy atom. The molecule has 1 saturated heterocycles. The highest BCUT2D eigenvalue weighted by molar-refractivity contribution is 5.98. The average Bonchev–Trinajstić information content (AvgIpc) is 2.84. The fraction of sp³-hybridized carbons (Fsp3) is 0.393. The van der Waals surface area contributed by atoms with Gasteiger partial charge in [0.2, 0.25) is 0 Å². The van der Waals surface area contributed by atoms with Gasteiger partial charge in [-0.2, -0.15) is 0 Å². The first kappa shape index (κ1) is 24.7. The molecule has 3 nitrogen and oxygen atoms in total. The molecule has 1 aliphatic rings. The Hall–Kier alpha value is -2.95. The van der Waals surface area contributed by atoms with Gasteiger partial charge in [0, 0.05) is 19.3 Å². The Morgan fingerprint density at radius 1 is 1.06 bits per heavy atom. The average molecular weight is 453 g/mol. The van der Waals surface area contributed by atoms with E-state index in [9.17, 15) is 8.78 Å². The zero-order chi connectivity index (χ0) is 23.8. The summed E-state index contributed by atoms with van der Waals surface area (Å²) in [7, 11) is 0. The normalized spacial score (nSPS) is 15.6. The van der Waals surface area contributed by atoms with Crippen LogP contribution in [-0.4, -0.2) is 30.4 Å². The van der Waals surface area contributed by atoms with Crippen molar-refractivity contribution in [2.24, 2.45) is 10.9 Å². The van der Waals surface area contributed by atoms with E-state index in [0.717, 1.165) is 55.7 Å². The predicted octanol–water partition coefficient (Wildman–Crippen LogP) is 7.40. The summed E-state index contributed by atoms with van der Waals surface area (Å²) < 4.78 is 34.9. The lowest BCUT2D eigenvalue weighted by Crippen LogP contribution is -2.40.